The van der Waals surface area contributed by atoms with E-state index >= 15 is 0 Å². The van der Waals surface area contributed by atoms with Crippen molar-refractivity contribution in [2.45, 2.75) is 33.4 Å². The number of aryl methyl sites for hydroxylation is 3. The third-order valence-electron chi connectivity index (χ3n) is 4.76. The summed E-state index contributed by atoms with van der Waals surface area (Å²) in [5, 5.41) is 3.43. The summed E-state index contributed by atoms with van der Waals surface area (Å²) < 4.78 is 28.4. The van der Waals surface area contributed by atoms with Crippen LogP contribution in [0, 0.1) is 13.8 Å². The van der Waals surface area contributed by atoms with Crippen molar-refractivity contribution in [3.8, 4) is 10.7 Å². The molecule has 3 heterocycles. The zero-order valence-electron chi connectivity index (χ0n) is 16.7. The molecule has 0 aliphatic heterocycles. The van der Waals surface area contributed by atoms with Crippen LogP contribution in [0.3, 0.4) is 0 Å². The molecule has 0 spiro atoms. The standard InChI is InChI=1S/C20H18F2N6O2S/c1-11-4-3-5-13-15(11)24-10-27(18(13)30)8-6-14(29)26-20-25-12(2)16(31-20)17-23-7-9-28(17)19(21)22/h3-5,7,9-10,19H,6,8H2,1-2H3,(H,25,26,29). The third-order valence-corrected chi connectivity index (χ3v) is 5.83. The number of rotatable bonds is 6. The molecule has 0 radical (unpaired) electrons. The predicted molar refractivity (Wildman–Crippen MR) is 113 cm³/mol. The van der Waals surface area contributed by atoms with Gasteiger partial charge in [-0.2, -0.15) is 8.78 Å². The second-order valence-electron chi connectivity index (χ2n) is 6.88. The zero-order valence-corrected chi connectivity index (χ0v) is 17.5. The number of alkyl halides is 2. The highest BCUT2D eigenvalue weighted by atomic mass is 32.1. The molecule has 4 rings (SSSR count). The Hall–Kier alpha value is -3.47. The van der Waals surface area contributed by atoms with Gasteiger partial charge < -0.3 is 5.32 Å². The fourth-order valence-electron chi connectivity index (χ4n) is 3.20. The molecule has 0 aliphatic rings. The van der Waals surface area contributed by atoms with Crippen molar-refractivity contribution < 1.29 is 13.6 Å². The van der Waals surface area contributed by atoms with Gasteiger partial charge in [0.2, 0.25) is 5.91 Å². The molecule has 0 saturated carbocycles. The maximum atomic E-state index is 13.1. The highest BCUT2D eigenvalue weighted by Gasteiger charge is 2.19. The Kier molecular flexibility index (Phi) is 5.59. The molecule has 3 aromatic heterocycles. The molecule has 31 heavy (non-hydrogen) atoms. The van der Waals surface area contributed by atoms with Crippen molar-refractivity contribution in [1.82, 2.24) is 24.1 Å². The van der Waals surface area contributed by atoms with Crippen molar-refractivity contribution in [3.63, 3.8) is 0 Å². The van der Waals surface area contributed by atoms with Gasteiger partial charge in [-0.25, -0.2) is 15.0 Å². The minimum atomic E-state index is -2.73. The van der Waals surface area contributed by atoms with E-state index in [-0.39, 0.29) is 35.4 Å². The van der Waals surface area contributed by atoms with Gasteiger partial charge in [0.25, 0.3) is 5.56 Å². The first-order valence-corrected chi connectivity index (χ1v) is 10.2. The summed E-state index contributed by atoms with van der Waals surface area (Å²) in [5.74, 6) is -0.261. The lowest BCUT2D eigenvalue weighted by Crippen LogP contribution is -2.23. The predicted octanol–water partition coefficient (Wildman–Crippen LogP) is 3.76. The summed E-state index contributed by atoms with van der Waals surface area (Å²) in [7, 11) is 0. The number of nitrogens with one attached hydrogen (secondary N) is 1. The molecule has 1 N–H and O–H groups in total. The van der Waals surface area contributed by atoms with E-state index in [4.69, 9.17) is 0 Å². The molecule has 0 saturated heterocycles. The first kappa shape index (κ1) is 20.8. The molecule has 0 unspecified atom stereocenters. The van der Waals surface area contributed by atoms with E-state index in [1.165, 1.54) is 23.3 Å². The van der Waals surface area contributed by atoms with Crippen LogP contribution in [-0.2, 0) is 11.3 Å². The Morgan fingerprint density at radius 3 is 2.84 bits per heavy atom. The third kappa shape index (κ3) is 4.08. The fourth-order valence-corrected chi connectivity index (χ4v) is 4.19. The fraction of sp³-hybridized carbons (Fsp3) is 0.250. The minimum Gasteiger partial charge on any atom is -0.302 e. The quantitative estimate of drug-likeness (QED) is 0.489. The van der Waals surface area contributed by atoms with Crippen LogP contribution in [-0.4, -0.2) is 30.0 Å². The number of imidazole rings is 1. The number of nitrogens with zero attached hydrogens (tertiary/aromatic N) is 5. The molecule has 1 amide bonds. The normalized spacial score (nSPS) is 11.4. The number of amides is 1. The van der Waals surface area contributed by atoms with E-state index in [9.17, 15) is 18.4 Å². The summed E-state index contributed by atoms with van der Waals surface area (Å²) in [6.07, 6.45) is 3.93. The summed E-state index contributed by atoms with van der Waals surface area (Å²) in [4.78, 5) is 38.0. The number of aromatic nitrogens is 5. The largest absolute Gasteiger partial charge is 0.320 e. The van der Waals surface area contributed by atoms with Crippen molar-refractivity contribution in [1.29, 1.82) is 0 Å². The molecule has 160 valence electrons. The number of anilines is 1. The number of hydrogen-bond acceptors (Lipinski definition) is 6. The molecule has 1 aromatic carbocycles. The number of carbonyl (C=O) groups excluding carboxylic acids is 1. The number of para-hydroxylation sites is 1. The lowest BCUT2D eigenvalue weighted by atomic mass is 10.1. The highest BCUT2D eigenvalue weighted by molar-refractivity contribution is 7.19. The van der Waals surface area contributed by atoms with E-state index < -0.39 is 6.55 Å². The average molecular weight is 444 g/mol. The molecule has 0 aliphatic carbocycles. The van der Waals surface area contributed by atoms with Crippen LogP contribution in [0.5, 0.6) is 0 Å². The van der Waals surface area contributed by atoms with Gasteiger partial charge in [0.05, 0.1) is 27.8 Å². The maximum absolute atomic E-state index is 13.1. The second kappa shape index (κ2) is 8.34. The van der Waals surface area contributed by atoms with Crippen LogP contribution in [0.1, 0.15) is 24.2 Å². The van der Waals surface area contributed by atoms with Gasteiger partial charge in [0.1, 0.15) is 0 Å². The van der Waals surface area contributed by atoms with Crippen LogP contribution in [0.4, 0.5) is 13.9 Å². The summed E-state index contributed by atoms with van der Waals surface area (Å²) in [6, 6.07) is 5.38. The van der Waals surface area contributed by atoms with Crippen LogP contribution in [0.2, 0.25) is 0 Å². The summed E-state index contributed by atoms with van der Waals surface area (Å²) in [6.45, 7) is 0.961. The minimum absolute atomic E-state index is 0.0263. The topological polar surface area (TPSA) is 94.7 Å². The van der Waals surface area contributed by atoms with Gasteiger partial charge in [-0.15, -0.1) is 0 Å². The SMILES string of the molecule is Cc1nc(NC(=O)CCn2cnc3c(C)cccc3c2=O)sc1-c1nccn1C(F)F. The first-order valence-electron chi connectivity index (χ1n) is 9.38. The molecular weight excluding hydrogens is 426 g/mol. The smallest absolute Gasteiger partial charge is 0.302 e. The van der Waals surface area contributed by atoms with Crippen molar-refractivity contribution >= 4 is 33.3 Å². The van der Waals surface area contributed by atoms with Gasteiger partial charge in [0, 0.05) is 25.4 Å². The molecular formula is C20H18F2N6O2S. The number of benzene rings is 1. The number of hydrogen-bond donors (Lipinski definition) is 1. The maximum Gasteiger partial charge on any atom is 0.320 e. The zero-order chi connectivity index (χ0) is 22.1. The Bertz CT molecular complexity index is 1330. The van der Waals surface area contributed by atoms with Gasteiger partial charge >= 0.3 is 6.55 Å². The van der Waals surface area contributed by atoms with Gasteiger partial charge in [-0.1, -0.05) is 23.5 Å². The monoisotopic (exact) mass is 444 g/mol. The Morgan fingerprint density at radius 1 is 1.26 bits per heavy atom. The van der Waals surface area contributed by atoms with E-state index in [1.54, 1.807) is 19.1 Å². The van der Waals surface area contributed by atoms with Crippen molar-refractivity contribution in [2.24, 2.45) is 0 Å². The average Bonchev–Trinajstić information content (AvgIpc) is 3.34. The number of carbonyl (C=O) groups is 1. The van der Waals surface area contributed by atoms with Gasteiger partial charge in [-0.05, 0) is 25.5 Å². The lowest BCUT2D eigenvalue weighted by molar-refractivity contribution is -0.116. The lowest BCUT2D eigenvalue weighted by Gasteiger charge is -2.07. The Labute approximate surface area is 179 Å². The molecule has 0 fully saturated rings. The summed E-state index contributed by atoms with van der Waals surface area (Å²) >= 11 is 1.06. The number of thiazole rings is 1. The molecule has 4 aromatic rings. The molecule has 11 heteroatoms. The van der Waals surface area contributed by atoms with E-state index in [1.807, 2.05) is 13.0 Å². The van der Waals surface area contributed by atoms with Gasteiger partial charge in [-0.3, -0.25) is 18.7 Å². The number of fused-ring (bicyclic) bond motifs is 1. The van der Waals surface area contributed by atoms with Gasteiger partial charge in [0.15, 0.2) is 11.0 Å². The Morgan fingerprint density at radius 2 is 2.06 bits per heavy atom. The van der Waals surface area contributed by atoms with Crippen molar-refractivity contribution in [2.75, 3.05) is 5.32 Å². The molecule has 0 bridgehead atoms. The number of halogens is 2. The van der Waals surface area contributed by atoms with Crippen LogP contribution >= 0.6 is 11.3 Å². The van der Waals surface area contributed by atoms with E-state index in [2.05, 4.69) is 20.3 Å². The van der Waals surface area contributed by atoms with Crippen LogP contribution in [0.25, 0.3) is 21.6 Å². The van der Waals surface area contributed by atoms with Crippen LogP contribution in [0.15, 0.2) is 41.7 Å². The summed E-state index contributed by atoms with van der Waals surface area (Å²) in [5.41, 5.74) is 1.81. The molecule has 0 atom stereocenters. The molecule has 8 nitrogen and oxygen atoms in total. The van der Waals surface area contributed by atoms with Crippen LogP contribution < -0.4 is 10.9 Å². The highest BCUT2D eigenvalue weighted by Crippen LogP contribution is 2.33. The van der Waals surface area contributed by atoms with Crippen molar-refractivity contribution in [3.05, 3.63) is 58.5 Å². The first-order chi connectivity index (χ1) is 14.8. The second-order valence-corrected chi connectivity index (χ2v) is 7.88. The van der Waals surface area contributed by atoms with E-state index in [0.29, 0.717) is 21.5 Å². The van der Waals surface area contributed by atoms with E-state index in [0.717, 1.165) is 21.5 Å². The Balaban J connectivity index is 1.47.